The maximum atomic E-state index is 11.9. The lowest BCUT2D eigenvalue weighted by Gasteiger charge is -2.15. The largest absolute Gasteiger partial charge is 0.303 e. The van der Waals surface area contributed by atoms with Crippen molar-refractivity contribution in [2.45, 2.75) is 12.8 Å². The van der Waals surface area contributed by atoms with E-state index < -0.39 is 16.8 Å². The summed E-state index contributed by atoms with van der Waals surface area (Å²) in [4.78, 5) is 22.2. The van der Waals surface area contributed by atoms with E-state index in [1.165, 1.54) is 0 Å². The molecular formula is C16H15NO4S. The average Bonchev–Trinajstić information content (AvgIpc) is 2.54. The van der Waals surface area contributed by atoms with Gasteiger partial charge in [-0.1, -0.05) is 42.5 Å². The Morgan fingerprint density at radius 2 is 1.55 bits per heavy atom. The summed E-state index contributed by atoms with van der Waals surface area (Å²) in [7, 11) is -3.09. The Morgan fingerprint density at radius 1 is 0.955 bits per heavy atom. The van der Waals surface area contributed by atoms with Gasteiger partial charge in [-0.3, -0.25) is 4.79 Å². The van der Waals surface area contributed by atoms with E-state index in [-0.39, 0.29) is 18.5 Å². The summed E-state index contributed by atoms with van der Waals surface area (Å²) in [5, 5.41) is 0. The van der Waals surface area contributed by atoms with Gasteiger partial charge >= 0.3 is 0 Å². The monoisotopic (exact) mass is 317 g/mol. The van der Waals surface area contributed by atoms with E-state index >= 15 is 0 Å². The molecule has 0 saturated carbocycles. The summed E-state index contributed by atoms with van der Waals surface area (Å²) in [5.41, 5.74) is 2.19. The normalized spacial score (nSPS) is 10.4. The van der Waals surface area contributed by atoms with Crippen LogP contribution in [0.15, 0.2) is 54.6 Å². The van der Waals surface area contributed by atoms with Crippen molar-refractivity contribution in [2.75, 3.05) is 4.31 Å². The molecule has 0 atom stereocenters. The van der Waals surface area contributed by atoms with Gasteiger partial charge in [0.05, 0.1) is 5.69 Å². The molecule has 0 radical (unpaired) electrons. The van der Waals surface area contributed by atoms with Gasteiger partial charge in [0.1, 0.15) is 6.29 Å². The molecule has 2 aromatic carbocycles. The number of benzene rings is 2. The minimum Gasteiger partial charge on any atom is -0.303 e. The third-order valence-corrected chi connectivity index (χ3v) is 3.88. The number of rotatable bonds is 6. The Hall–Kier alpha value is -2.47. The van der Waals surface area contributed by atoms with Crippen molar-refractivity contribution in [1.82, 2.24) is 0 Å². The first-order valence-electron chi connectivity index (χ1n) is 6.70. The van der Waals surface area contributed by atoms with E-state index in [4.69, 9.17) is 0 Å². The van der Waals surface area contributed by atoms with Crippen LogP contribution >= 0.6 is 0 Å². The lowest BCUT2D eigenvalue weighted by Crippen LogP contribution is -2.29. The first kappa shape index (κ1) is 15.9. The Balaban J connectivity index is 2.26. The topological polar surface area (TPSA) is 71.5 Å². The van der Waals surface area contributed by atoms with Gasteiger partial charge in [0.25, 0.3) is 0 Å². The number of hydrogen-bond donors (Lipinski definition) is 1. The van der Waals surface area contributed by atoms with Crippen LogP contribution in [0, 0.1) is 0 Å². The van der Waals surface area contributed by atoms with Crippen LogP contribution in [-0.4, -0.2) is 20.6 Å². The fraction of sp³-hybridized carbons (Fsp3) is 0.125. The van der Waals surface area contributed by atoms with E-state index in [0.717, 1.165) is 11.1 Å². The van der Waals surface area contributed by atoms with E-state index in [9.17, 15) is 18.0 Å². The maximum Gasteiger partial charge on any atom is 0.240 e. The van der Waals surface area contributed by atoms with Crippen molar-refractivity contribution >= 4 is 28.8 Å². The van der Waals surface area contributed by atoms with Crippen molar-refractivity contribution < 1.29 is 18.0 Å². The average molecular weight is 317 g/mol. The number of aldehydes is 1. The van der Waals surface area contributed by atoms with E-state index in [1.807, 2.05) is 30.3 Å². The third kappa shape index (κ3) is 3.79. The van der Waals surface area contributed by atoms with Crippen LogP contribution in [-0.2, 0) is 20.5 Å². The summed E-state index contributed by atoms with van der Waals surface area (Å²) in [6, 6.07) is 16.3. The first-order valence-corrected chi connectivity index (χ1v) is 7.83. The second kappa shape index (κ2) is 7.51. The Labute approximate surface area is 130 Å². The predicted octanol–water partition coefficient (Wildman–Crippen LogP) is 2.19. The van der Waals surface area contributed by atoms with Crippen molar-refractivity contribution in [3.63, 3.8) is 0 Å². The van der Waals surface area contributed by atoms with Crippen LogP contribution < -0.4 is 4.31 Å². The molecule has 22 heavy (non-hydrogen) atoms. The van der Waals surface area contributed by atoms with Crippen LogP contribution in [0.2, 0.25) is 0 Å². The van der Waals surface area contributed by atoms with Gasteiger partial charge in [-0.2, -0.15) is 0 Å². The summed E-state index contributed by atoms with van der Waals surface area (Å²) in [6.07, 6.45) is 0.459. The van der Waals surface area contributed by atoms with Crippen LogP contribution in [0.3, 0.4) is 0 Å². The van der Waals surface area contributed by atoms with Gasteiger partial charge in [-0.25, -0.2) is 12.7 Å². The van der Waals surface area contributed by atoms with Crippen molar-refractivity contribution in [2.24, 2.45) is 0 Å². The summed E-state index contributed by atoms with van der Waals surface area (Å²) in [5.74, 6) is -0.615. The number of carbonyl (C=O) groups excluding carboxylic acids is 2. The van der Waals surface area contributed by atoms with E-state index in [0.29, 0.717) is 10.6 Å². The third-order valence-electron chi connectivity index (χ3n) is 3.09. The molecule has 0 saturated heterocycles. The smallest absolute Gasteiger partial charge is 0.240 e. The highest BCUT2D eigenvalue weighted by molar-refractivity contribution is 7.75. The zero-order chi connectivity index (χ0) is 15.9. The minimum absolute atomic E-state index is 0.000601. The molecule has 2 aromatic rings. The van der Waals surface area contributed by atoms with Gasteiger partial charge in [0.15, 0.2) is 0 Å². The molecular weight excluding hydrogens is 302 g/mol. The Bertz CT molecular complexity index is 716. The molecule has 0 spiro atoms. The molecule has 1 amide bonds. The number of hydrogen-bond acceptors (Lipinski definition) is 4. The van der Waals surface area contributed by atoms with Gasteiger partial charge < -0.3 is 4.79 Å². The number of thiol groups is 1. The zero-order valence-corrected chi connectivity index (χ0v) is 12.6. The lowest BCUT2D eigenvalue weighted by molar-refractivity contribution is -0.119. The van der Waals surface area contributed by atoms with Crippen molar-refractivity contribution in [3.05, 3.63) is 54.6 Å². The number of nitrogens with zero attached hydrogens (tertiary/aromatic N) is 1. The quantitative estimate of drug-likeness (QED) is 0.655. The zero-order valence-electron chi connectivity index (χ0n) is 11.7. The molecule has 2 rings (SSSR count). The molecule has 0 fully saturated rings. The maximum absolute atomic E-state index is 11.9. The van der Waals surface area contributed by atoms with E-state index in [1.54, 1.807) is 24.3 Å². The molecule has 0 aromatic heterocycles. The highest BCUT2D eigenvalue weighted by atomic mass is 32.2. The molecule has 0 aliphatic carbocycles. The highest BCUT2D eigenvalue weighted by Gasteiger charge is 2.17. The SMILES string of the molecule is O=CCCC(=O)N(c1ccc(-c2ccccc2)cc1)[SH](=O)=O. The van der Waals surface area contributed by atoms with Gasteiger partial charge in [-0.05, 0) is 23.3 Å². The molecule has 0 N–H and O–H groups in total. The Kier molecular flexibility index (Phi) is 5.43. The number of anilines is 1. The molecule has 0 aliphatic heterocycles. The van der Waals surface area contributed by atoms with Crippen LogP contribution in [0.5, 0.6) is 0 Å². The number of amides is 1. The Morgan fingerprint density at radius 3 is 2.09 bits per heavy atom. The lowest BCUT2D eigenvalue weighted by atomic mass is 10.1. The van der Waals surface area contributed by atoms with Gasteiger partial charge in [0, 0.05) is 12.8 Å². The second-order valence-corrected chi connectivity index (χ2v) is 5.44. The van der Waals surface area contributed by atoms with Gasteiger partial charge in [0.2, 0.25) is 16.8 Å². The van der Waals surface area contributed by atoms with Crippen LogP contribution in [0.4, 0.5) is 5.69 Å². The van der Waals surface area contributed by atoms with Crippen LogP contribution in [0.1, 0.15) is 12.8 Å². The van der Waals surface area contributed by atoms with Gasteiger partial charge in [-0.15, -0.1) is 0 Å². The molecule has 0 aliphatic rings. The summed E-state index contributed by atoms with van der Waals surface area (Å²) < 4.78 is 23.3. The summed E-state index contributed by atoms with van der Waals surface area (Å²) >= 11 is 0. The van der Waals surface area contributed by atoms with Crippen molar-refractivity contribution in [1.29, 1.82) is 0 Å². The molecule has 0 heterocycles. The van der Waals surface area contributed by atoms with E-state index in [2.05, 4.69) is 0 Å². The molecule has 0 bridgehead atoms. The number of carbonyl (C=O) groups is 2. The molecule has 0 unspecified atom stereocenters. The fourth-order valence-electron chi connectivity index (χ4n) is 2.04. The second-order valence-electron chi connectivity index (χ2n) is 4.56. The fourth-order valence-corrected chi connectivity index (χ4v) is 2.65. The highest BCUT2D eigenvalue weighted by Crippen LogP contribution is 2.23. The minimum atomic E-state index is -3.09. The standard InChI is InChI=1S/C16H15NO4S/c18-12-4-7-16(19)17(22(20)21)15-10-8-14(9-11-15)13-5-2-1-3-6-13/h1-3,5-6,8-12,22H,4,7H2. The first-order chi connectivity index (χ1) is 10.6. The molecule has 5 nitrogen and oxygen atoms in total. The predicted molar refractivity (Wildman–Crippen MR) is 85.0 cm³/mol. The van der Waals surface area contributed by atoms with Crippen molar-refractivity contribution in [3.8, 4) is 11.1 Å². The molecule has 6 heteroatoms. The van der Waals surface area contributed by atoms with Crippen LogP contribution in [0.25, 0.3) is 11.1 Å². The summed E-state index contributed by atoms with van der Waals surface area (Å²) in [6.45, 7) is 0. The molecule has 114 valence electrons.